The van der Waals surface area contributed by atoms with E-state index in [0.29, 0.717) is 12.5 Å². The van der Waals surface area contributed by atoms with E-state index < -0.39 is 0 Å². The summed E-state index contributed by atoms with van der Waals surface area (Å²) in [7, 11) is 0. The monoisotopic (exact) mass is 284 g/mol. The smallest absolute Gasteiger partial charge is 0.267 e. The van der Waals surface area contributed by atoms with Gasteiger partial charge in [0.25, 0.3) is 5.56 Å². The first-order valence-corrected chi connectivity index (χ1v) is 6.96. The number of rotatable bonds is 5. The summed E-state index contributed by atoms with van der Waals surface area (Å²) in [6.07, 6.45) is 5.72. The maximum Gasteiger partial charge on any atom is 0.267 e. The normalized spacial score (nSPS) is 13.9. The van der Waals surface area contributed by atoms with Gasteiger partial charge in [0.15, 0.2) is 0 Å². The Morgan fingerprint density at radius 1 is 1.33 bits per heavy atom. The number of hydrogen-bond acceptors (Lipinski definition) is 4. The van der Waals surface area contributed by atoms with Crippen LogP contribution in [0.1, 0.15) is 30.0 Å². The number of amides is 1. The van der Waals surface area contributed by atoms with Gasteiger partial charge in [-0.3, -0.25) is 14.6 Å². The zero-order valence-corrected chi connectivity index (χ0v) is 11.5. The molecule has 6 nitrogen and oxygen atoms in total. The van der Waals surface area contributed by atoms with Crippen LogP contribution < -0.4 is 10.9 Å². The van der Waals surface area contributed by atoms with E-state index in [1.165, 1.54) is 25.1 Å². The third kappa shape index (κ3) is 3.53. The molecule has 1 aliphatic rings. The third-order valence-electron chi connectivity index (χ3n) is 3.41. The van der Waals surface area contributed by atoms with Gasteiger partial charge in [0.1, 0.15) is 6.54 Å². The topological polar surface area (TPSA) is 76.9 Å². The first-order chi connectivity index (χ1) is 10.2. The van der Waals surface area contributed by atoms with Crippen molar-refractivity contribution in [3.8, 4) is 0 Å². The van der Waals surface area contributed by atoms with Crippen LogP contribution in [0.5, 0.6) is 0 Å². The van der Waals surface area contributed by atoms with E-state index in [4.69, 9.17) is 0 Å². The highest BCUT2D eigenvalue weighted by atomic mass is 16.2. The number of nitrogens with zero attached hydrogens (tertiary/aromatic N) is 3. The van der Waals surface area contributed by atoms with E-state index in [-0.39, 0.29) is 18.0 Å². The van der Waals surface area contributed by atoms with Crippen LogP contribution in [0, 0.1) is 0 Å². The quantitative estimate of drug-likeness (QED) is 0.882. The van der Waals surface area contributed by atoms with E-state index in [1.807, 2.05) is 12.1 Å². The molecule has 2 aromatic heterocycles. The Morgan fingerprint density at radius 3 is 2.86 bits per heavy atom. The lowest BCUT2D eigenvalue weighted by Gasteiger charge is -2.06. The molecule has 0 radical (unpaired) electrons. The molecule has 0 saturated heterocycles. The highest BCUT2D eigenvalue weighted by Gasteiger charge is 2.24. The molecule has 21 heavy (non-hydrogen) atoms. The average Bonchev–Trinajstić information content (AvgIpc) is 3.33. The summed E-state index contributed by atoms with van der Waals surface area (Å²) in [5.74, 6) is 0.381. The maximum absolute atomic E-state index is 11.8. The van der Waals surface area contributed by atoms with E-state index in [2.05, 4.69) is 15.4 Å². The molecule has 0 unspecified atom stereocenters. The summed E-state index contributed by atoms with van der Waals surface area (Å²) in [5.41, 5.74) is 1.79. The lowest BCUT2D eigenvalue weighted by atomic mass is 10.2. The van der Waals surface area contributed by atoms with Crippen molar-refractivity contribution >= 4 is 5.91 Å². The second-order valence-electron chi connectivity index (χ2n) is 5.16. The van der Waals surface area contributed by atoms with E-state index in [9.17, 15) is 9.59 Å². The van der Waals surface area contributed by atoms with Crippen LogP contribution in [-0.4, -0.2) is 20.7 Å². The molecule has 0 bridgehead atoms. The van der Waals surface area contributed by atoms with Crippen LogP contribution in [-0.2, 0) is 17.9 Å². The molecule has 0 aliphatic heterocycles. The highest BCUT2D eigenvalue weighted by Crippen LogP contribution is 2.38. The van der Waals surface area contributed by atoms with Gasteiger partial charge >= 0.3 is 0 Å². The Hall–Kier alpha value is -2.50. The minimum atomic E-state index is -0.289. The van der Waals surface area contributed by atoms with Gasteiger partial charge in [-0.05, 0) is 30.5 Å². The molecule has 0 atom stereocenters. The molecule has 1 N–H and O–H groups in total. The van der Waals surface area contributed by atoms with E-state index in [0.717, 1.165) is 15.9 Å². The van der Waals surface area contributed by atoms with Crippen molar-refractivity contribution in [1.82, 2.24) is 20.1 Å². The molecule has 108 valence electrons. The van der Waals surface area contributed by atoms with Crippen molar-refractivity contribution in [2.24, 2.45) is 0 Å². The maximum atomic E-state index is 11.8. The van der Waals surface area contributed by atoms with Gasteiger partial charge < -0.3 is 5.32 Å². The summed E-state index contributed by atoms with van der Waals surface area (Å²) in [6.45, 7) is 0.325. The summed E-state index contributed by atoms with van der Waals surface area (Å²) in [4.78, 5) is 27.6. The molecule has 6 heteroatoms. The lowest BCUT2D eigenvalue weighted by Crippen LogP contribution is -2.32. The zero-order chi connectivity index (χ0) is 14.7. The molecule has 1 aliphatic carbocycles. The van der Waals surface area contributed by atoms with Crippen LogP contribution >= 0.6 is 0 Å². The van der Waals surface area contributed by atoms with E-state index >= 15 is 0 Å². The fraction of sp³-hybridized carbons (Fsp3) is 0.333. The summed E-state index contributed by atoms with van der Waals surface area (Å²) in [6, 6.07) is 6.92. The van der Waals surface area contributed by atoms with Gasteiger partial charge in [0.05, 0.1) is 0 Å². The van der Waals surface area contributed by atoms with Gasteiger partial charge in [-0.2, -0.15) is 5.10 Å². The van der Waals surface area contributed by atoms with Crippen LogP contribution in [0.25, 0.3) is 0 Å². The standard InChI is InChI=1S/C15H16N4O2/c20-14(10-19-15(21)2-1-7-18-19)17-9-11-3-6-13(16-8-11)12-4-5-12/h1-3,6-8,12H,4-5,9-10H2,(H,17,20). The molecule has 0 spiro atoms. The zero-order valence-electron chi connectivity index (χ0n) is 11.5. The van der Waals surface area contributed by atoms with Gasteiger partial charge in [0, 0.05) is 36.6 Å². The lowest BCUT2D eigenvalue weighted by molar-refractivity contribution is -0.122. The molecular formula is C15H16N4O2. The largest absolute Gasteiger partial charge is 0.350 e. The number of carbonyl (C=O) groups is 1. The second kappa shape index (κ2) is 5.87. The predicted molar refractivity (Wildman–Crippen MR) is 76.6 cm³/mol. The molecule has 1 fully saturated rings. The van der Waals surface area contributed by atoms with Gasteiger partial charge in [0.2, 0.25) is 5.91 Å². The van der Waals surface area contributed by atoms with Crippen molar-refractivity contribution in [3.63, 3.8) is 0 Å². The number of aromatic nitrogens is 3. The van der Waals surface area contributed by atoms with Crippen LogP contribution in [0.15, 0.2) is 41.5 Å². The summed E-state index contributed by atoms with van der Waals surface area (Å²) >= 11 is 0. The molecule has 0 aromatic carbocycles. The Bertz CT molecular complexity index is 689. The van der Waals surface area contributed by atoms with Gasteiger partial charge in [-0.15, -0.1) is 0 Å². The number of pyridine rings is 1. The molecule has 1 amide bonds. The van der Waals surface area contributed by atoms with Crippen molar-refractivity contribution in [2.75, 3.05) is 0 Å². The summed E-state index contributed by atoms with van der Waals surface area (Å²) < 4.78 is 1.13. The van der Waals surface area contributed by atoms with Crippen molar-refractivity contribution in [2.45, 2.75) is 31.8 Å². The molecule has 1 saturated carbocycles. The Labute approximate surface area is 121 Å². The number of carbonyl (C=O) groups excluding carboxylic acids is 1. The first-order valence-electron chi connectivity index (χ1n) is 6.96. The second-order valence-corrected chi connectivity index (χ2v) is 5.16. The van der Waals surface area contributed by atoms with Crippen molar-refractivity contribution in [3.05, 3.63) is 58.3 Å². The fourth-order valence-corrected chi connectivity index (χ4v) is 2.06. The first kappa shape index (κ1) is 13.5. The summed E-state index contributed by atoms with van der Waals surface area (Å²) in [5, 5.41) is 6.60. The SMILES string of the molecule is O=C(Cn1ncccc1=O)NCc1ccc(C2CC2)nc1. The fourth-order valence-electron chi connectivity index (χ4n) is 2.06. The van der Waals surface area contributed by atoms with Crippen molar-refractivity contribution in [1.29, 1.82) is 0 Å². The van der Waals surface area contributed by atoms with Gasteiger partial charge in [-0.25, -0.2) is 4.68 Å². The average molecular weight is 284 g/mol. The van der Waals surface area contributed by atoms with Gasteiger partial charge in [-0.1, -0.05) is 6.07 Å². The van der Waals surface area contributed by atoms with Crippen molar-refractivity contribution < 1.29 is 4.79 Å². The Kier molecular flexibility index (Phi) is 3.77. The predicted octanol–water partition coefficient (Wildman–Crippen LogP) is 0.832. The Morgan fingerprint density at radius 2 is 2.19 bits per heavy atom. The van der Waals surface area contributed by atoms with Crippen LogP contribution in [0.4, 0.5) is 0 Å². The molecular weight excluding hydrogens is 268 g/mol. The van der Waals surface area contributed by atoms with Crippen LogP contribution in [0.2, 0.25) is 0 Å². The minimum absolute atomic E-state index is 0.0761. The Balaban J connectivity index is 1.53. The molecule has 2 aromatic rings. The van der Waals surface area contributed by atoms with E-state index in [1.54, 1.807) is 12.3 Å². The molecule has 3 rings (SSSR count). The number of nitrogens with one attached hydrogen (secondary N) is 1. The number of hydrogen-bond donors (Lipinski definition) is 1. The minimum Gasteiger partial charge on any atom is -0.350 e. The third-order valence-corrected chi connectivity index (χ3v) is 3.41. The molecule has 2 heterocycles. The van der Waals surface area contributed by atoms with Crippen LogP contribution in [0.3, 0.4) is 0 Å². The highest BCUT2D eigenvalue weighted by molar-refractivity contribution is 5.75.